The van der Waals surface area contributed by atoms with E-state index in [1.54, 1.807) is 6.07 Å². The Morgan fingerprint density at radius 3 is 2.43 bits per heavy atom. The average Bonchev–Trinajstić information content (AvgIpc) is 2.66. The van der Waals surface area contributed by atoms with Crippen molar-refractivity contribution in [3.63, 3.8) is 0 Å². The molecule has 1 amide bonds. The molecule has 0 unspecified atom stereocenters. The van der Waals surface area contributed by atoms with Gasteiger partial charge in [-0.25, -0.2) is 9.97 Å². The molecule has 1 aromatic heterocycles. The number of benzene rings is 2. The van der Waals surface area contributed by atoms with Crippen molar-refractivity contribution in [2.24, 2.45) is 0 Å². The van der Waals surface area contributed by atoms with Crippen molar-refractivity contribution in [3.8, 4) is 0 Å². The van der Waals surface area contributed by atoms with Crippen LogP contribution < -0.4 is 15.5 Å². The number of nitrogens with zero attached hydrogens (tertiary/aromatic N) is 3. The molecule has 0 bridgehead atoms. The van der Waals surface area contributed by atoms with Gasteiger partial charge in [-0.05, 0) is 49.7 Å². The summed E-state index contributed by atoms with van der Waals surface area (Å²) in [5.74, 6) is 0.177. The normalized spacial score (nSPS) is 10.4. The number of carbonyl (C=O) groups is 1. The van der Waals surface area contributed by atoms with Gasteiger partial charge >= 0.3 is 0 Å². The standard InChI is InChI=1S/C22H25N5O/c1-15-6-5-7-17(12-15)14-23-22-24-16(2)13-20(26-22)21(28)25-18-8-10-19(11-9-18)27(3)4/h5-13H,14H2,1-4H3,(H,25,28)(H,23,24,26). The molecule has 0 aliphatic carbocycles. The van der Waals surface area contributed by atoms with Gasteiger partial charge in [0, 0.05) is 37.7 Å². The van der Waals surface area contributed by atoms with Crippen LogP contribution >= 0.6 is 0 Å². The van der Waals surface area contributed by atoms with Crippen LogP contribution in [0, 0.1) is 13.8 Å². The van der Waals surface area contributed by atoms with Crippen molar-refractivity contribution in [1.29, 1.82) is 0 Å². The highest BCUT2D eigenvalue weighted by atomic mass is 16.1. The van der Waals surface area contributed by atoms with Gasteiger partial charge in [0.05, 0.1) is 0 Å². The summed E-state index contributed by atoms with van der Waals surface area (Å²) in [5.41, 5.74) is 5.19. The number of aryl methyl sites for hydroxylation is 2. The molecule has 0 atom stereocenters. The minimum absolute atomic E-state index is 0.262. The summed E-state index contributed by atoms with van der Waals surface area (Å²) in [6, 6.07) is 17.6. The molecule has 6 heteroatoms. The molecule has 3 aromatic rings. The molecule has 2 aromatic carbocycles. The third-order valence-electron chi connectivity index (χ3n) is 4.26. The minimum Gasteiger partial charge on any atom is -0.378 e. The van der Waals surface area contributed by atoms with Crippen LogP contribution in [0.25, 0.3) is 0 Å². The maximum Gasteiger partial charge on any atom is 0.274 e. The summed E-state index contributed by atoms with van der Waals surface area (Å²) in [6.45, 7) is 4.50. The zero-order valence-corrected chi connectivity index (χ0v) is 16.7. The summed E-state index contributed by atoms with van der Waals surface area (Å²) >= 11 is 0. The van der Waals surface area contributed by atoms with E-state index in [-0.39, 0.29) is 5.91 Å². The second kappa shape index (κ2) is 8.52. The maximum atomic E-state index is 12.6. The fourth-order valence-corrected chi connectivity index (χ4v) is 2.81. The zero-order valence-electron chi connectivity index (χ0n) is 16.7. The van der Waals surface area contributed by atoms with E-state index >= 15 is 0 Å². The van der Waals surface area contributed by atoms with E-state index in [1.807, 2.05) is 62.3 Å². The molecule has 0 aliphatic heterocycles. The first-order chi connectivity index (χ1) is 13.4. The summed E-state index contributed by atoms with van der Waals surface area (Å²) in [5, 5.41) is 6.08. The van der Waals surface area contributed by atoms with Crippen molar-refractivity contribution in [1.82, 2.24) is 9.97 Å². The van der Waals surface area contributed by atoms with Crippen LogP contribution in [0.15, 0.2) is 54.6 Å². The van der Waals surface area contributed by atoms with E-state index in [0.717, 1.165) is 22.6 Å². The Morgan fingerprint density at radius 2 is 1.75 bits per heavy atom. The highest BCUT2D eigenvalue weighted by Gasteiger charge is 2.11. The van der Waals surface area contributed by atoms with Gasteiger partial charge in [-0.3, -0.25) is 4.79 Å². The Balaban J connectivity index is 1.70. The Labute approximate surface area is 165 Å². The van der Waals surface area contributed by atoms with E-state index < -0.39 is 0 Å². The lowest BCUT2D eigenvalue weighted by Gasteiger charge is -2.13. The van der Waals surface area contributed by atoms with Crippen LogP contribution in [0.1, 0.15) is 27.3 Å². The quantitative estimate of drug-likeness (QED) is 0.681. The molecule has 0 aliphatic rings. The lowest BCUT2D eigenvalue weighted by Crippen LogP contribution is -2.16. The lowest BCUT2D eigenvalue weighted by molar-refractivity contribution is 0.102. The third kappa shape index (κ3) is 5.07. The predicted molar refractivity (Wildman–Crippen MR) is 114 cm³/mol. The second-order valence-corrected chi connectivity index (χ2v) is 6.96. The first kappa shape index (κ1) is 19.4. The van der Waals surface area contributed by atoms with Crippen molar-refractivity contribution in [2.45, 2.75) is 20.4 Å². The van der Waals surface area contributed by atoms with Crippen LogP contribution in [0.4, 0.5) is 17.3 Å². The Morgan fingerprint density at radius 1 is 1.00 bits per heavy atom. The fraction of sp³-hybridized carbons (Fsp3) is 0.227. The van der Waals surface area contributed by atoms with Gasteiger partial charge in [-0.1, -0.05) is 29.8 Å². The molecule has 2 N–H and O–H groups in total. The topological polar surface area (TPSA) is 70.2 Å². The summed E-state index contributed by atoms with van der Waals surface area (Å²) in [4.78, 5) is 23.4. The molecular formula is C22H25N5O. The molecule has 3 rings (SSSR count). The van der Waals surface area contributed by atoms with Crippen molar-refractivity contribution in [2.75, 3.05) is 29.6 Å². The van der Waals surface area contributed by atoms with Gasteiger partial charge in [0.15, 0.2) is 0 Å². The molecule has 28 heavy (non-hydrogen) atoms. The average molecular weight is 375 g/mol. The predicted octanol–water partition coefficient (Wildman–Crippen LogP) is 4.02. The SMILES string of the molecule is Cc1cccc(CNc2nc(C)cc(C(=O)Nc3ccc(N(C)C)cc3)n2)c1. The second-order valence-electron chi connectivity index (χ2n) is 6.96. The molecular weight excluding hydrogens is 350 g/mol. The Bertz CT molecular complexity index is 967. The minimum atomic E-state index is -0.262. The first-order valence-electron chi connectivity index (χ1n) is 9.14. The number of hydrogen-bond donors (Lipinski definition) is 2. The van der Waals surface area contributed by atoms with Crippen LogP contribution in [0.2, 0.25) is 0 Å². The Kier molecular flexibility index (Phi) is 5.89. The van der Waals surface area contributed by atoms with Crippen LogP contribution in [0.3, 0.4) is 0 Å². The number of carbonyl (C=O) groups excluding carboxylic acids is 1. The van der Waals surface area contributed by atoms with Gasteiger partial charge in [0.25, 0.3) is 5.91 Å². The smallest absolute Gasteiger partial charge is 0.274 e. The first-order valence-corrected chi connectivity index (χ1v) is 9.14. The zero-order chi connectivity index (χ0) is 20.1. The summed E-state index contributed by atoms with van der Waals surface area (Å²) < 4.78 is 0. The fourth-order valence-electron chi connectivity index (χ4n) is 2.81. The van der Waals surface area contributed by atoms with Crippen LogP contribution in [0.5, 0.6) is 0 Å². The van der Waals surface area contributed by atoms with Gasteiger partial charge in [0.2, 0.25) is 5.95 Å². The van der Waals surface area contributed by atoms with E-state index in [0.29, 0.717) is 18.2 Å². The van der Waals surface area contributed by atoms with Gasteiger partial charge in [0.1, 0.15) is 5.69 Å². The molecule has 6 nitrogen and oxygen atoms in total. The van der Waals surface area contributed by atoms with Gasteiger partial charge < -0.3 is 15.5 Å². The number of amides is 1. The number of nitrogens with one attached hydrogen (secondary N) is 2. The molecule has 1 heterocycles. The number of hydrogen-bond acceptors (Lipinski definition) is 5. The summed E-state index contributed by atoms with van der Waals surface area (Å²) in [7, 11) is 3.95. The van der Waals surface area contributed by atoms with E-state index in [1.165, 1.54) is 5.56 Å². The molecule has 0 radical (unpaired) electrons. The molecule has 0 spiro atoms. The van der Waals surface area contributed by atoms with E-state index in [2.05, 4.69) is 39.7 Å². The van der Waals surface area contributed by atoms with E-state index in [9.17, 15) is 4.79 Å². The highest BCUT2D eigenvalue weighted by molar-refractivity contribution is 6.03. The number of anilines is 3. The van der Waals surface area contributed by atoms with Crippen molar-refractivity contribution < 1.29 is 4.79 Å². The third-order valence-corrected chi connectivity index (χ3v) is 4.26. The van der Waals surface area contributed by atoms with Crippen LogP contribution in [-0.2, 0) is 6.54 Å². The monoisotopic (exact) mass is 375 g/mol. The van der Waals surface area contributed by atoms with E-state index in [4.69, 9.17) is 0 Å². The highest BCUT2D eigenvalue weighted by Crippen LogP contribution is 2.17. The summed E-state index contributed by atoms with van der Waals surface area (Å²) in [6.07, 6.45) is 0. The van der Waals surface area contributed by atoms with Gasteiger partial charge in [-0.15, -0.1) is 0 Å². The maximum absolute atomic E-state index is 12.6. The van der Waals surface area contributed by atoms with Crippen molar-refractivity contribution in [3.05, 3.63) is 77.1 Å². The largest absolute Gasteiger partial charge is 0.378 e. The number of rotatable bonds is 6. The molecule has 0 saturated heterocycles. The number of aromatic nitrogens is 2. The Hall–Kier alpha value is -3.41. The lowest BCUT2D eigenvalue weighted by atomic mass is 10.1. The molecule has 144 valence electrons. The molecule has 0 saturated carbocycles. The van der Waals surface area contributed by atoms with Crippen LogP contribution in [-0.4, -0.2) is 30.0 Å². The van der Waals surface area contributed by atoms with Crippen molar-refractivity contribution >= 4 is 23.2 Å². The van der Waals surface area contributed by atoms with Gasteiger partial charge in [-0.2, -0.15) is 0 Å². The molecule has 0 fully saturated rings.